The maximum Gasteiger partial charge on any atom is 0.335 e. The van der Waals surface area contributed by atoms with Gasteiger partial charge in [-0.25, -0.2) is 13.6 Å². The molecule has 1 aliphatic heterocycles. The van der Waals surface area contributed by atoms with E-state index in [0.717, 1.165) is 6.07 Å². The highest BCUT2D eigenvalue weighted by atomic mass is 35.5. The molecule has 0 radical (unpaired) electrons. The van der Waals surface area contributed by atoms with Gasteiger partial charge >= 0.3 is 5.97 Å². The van der Waals surface area contributed by atoms with E-state index in [9.17, 15) is 20.0 Å². The first-order chi connectivity index (χ1) is 20.2. The Morgan fingerprint density at radius 3 is 2.42 bits per heavy atom. The molecule has 1 heterocycles. The molecule has 3 aromatic carbocycles. The van der Waals surface area contributed by atoms with E-state index in [1.807, 2.05) is 27.7 Å². The number of halogens is 4. The Hall–Kier alpha value is -3.71. The van der Waals surface area contributed by atoms with Gasteiger partial charge in [-0.3, -0.25) is 4.79 Å². The standard InChI is InChI=1S/C32H31Cl2F2N3O4/c1-16(31(2,3)4)28-32(15-37,20-11-10-18(33)14-22(20)35)25(19-7-6-8-21(34)26(19)36)27(39-28)29(40)38-23-12-9-17(30(41)42)13-24(23)43-5/h6-14,16,25,27-28,39H,1-5H3,(H,38,40)(H,41,42)/t16?,25-,27+,28-,32+/m0/s1. The number of carbonyl (C=O) groups is 2. The Bertz CT molecular complexity index is 1620. The van der Waals surface area contributed by atoms with Crippen molar-refractivity contribution < 1.29 is 28.2 Å². The lowest BCUT2D eigenvalue weighted by Gasteiger charge is -2.41. The van der Waals surface area contributed by atoms with Crippen LogP contribution in [-0.2, 0) is 10.2 Å². The van der Waals surface area contributed by atoms with Crippen LogP contribution in [0.15, 0.2) is 54.6 Å². The van der Waals surface area contributed by atoms with Crippen molar-refractivity contribution in [3.63, 3.8) is 0 Å². The molecule has 7 nitrogen and oxygen atoms in total. The van der Waals surface area contributed by atoms with E-state index in [0.29, 0.717) is 0 Å². The number of methoxy groups -OCH3 is 1. The molecule has 3 N–H and O–H groups in total. The number of carbonyl (C=O) groups excluding carboxylic acids is 1. The van der Waals surface area contributed by atoms with Crippen molar-refractivity contribution in [2.45, 2.75) is 51.1 Å². The molecule has 0 aromatic heterocycles. The van der Waals surface area contributed by atoms with E-state index in [2.05, 4.69) is 16.7 Å². The van der Waals surface area contributed by atoms with Crippen LogP contribution in [0.25, 0.3) is 0 Å². The van der Waals surface area contributed by atoms with Crippen molar-refractivity contribution in [2.75, 3.05) is 12.4 Å². The third kappa shape index (κ3) is 5.79. The van der Waals surface area contributed by atoms with E-state index in [-0.39, 0.29) is 44.1 Å². The van der Waals surface area contributed by atoms with Crippen LogP contribution in [0.5, 0.6) is 5.75 Å². The van der Waals surface area contributed by atoms with Crippen molar-refractivity contribution in [1.82, 2.24) is 5.32 Å². The number of carboxylic acid groups (broad SMARTS) is 1. The molecule has 4 rings (SSSR count). The largest absolute Gasteiger partial charge is 0.495 e. The van der Waals surface area contributed by atoms with Crippen LogP contribution in [0, 0.1) is 34.3 Å². The van der Waals surface area contributed by atoms with Gasteiger partial charge in [0.15, 0.2) is 0 Å². The summed E-state index contributed by atoms with van der Waals surface area (Å²) < 4.78 is 37.1. The van der Waals surface area contributed by atoms with Crippen molar-refractivity contribution in [3.05, 3.63) is 93.0 Å². The zero-order valence-electron chi connectivity index (χ0n) is 24.1. The molecule has 0 spiro atoms. The van der Waals surface area contributed by atoms with Gasteiger partial charge in [0.2, 0.25) is 5.91 Å². The molecule has 11 heteroatoms. The number of carboxylic acids is 1. The molecule has 1 unspecified atom stereocenters. The summed E-state index contributed by atoms with van der Waals surface area (Å²) in [6.45, 7) is 7.75. The summed E-state index contributed by atoms with van der Waals surface area (Å²) in [6.07, 6.45) is 0. The highest BCUT2D eigenvalue weighted by molar-refractivity contribution is 6.31. The average Bonchev–Trinajstić information content (AvgIpc) is 3.29. The lowest BCUT2D eigenvalue weighted by atomic mass is 9.60. The molecular formula is C32H31Cl2F2N3O4. The van der Waals surface area contributed by atoms with Crippen molar-refractivity contribution in [1.29, 1.82) is 5.26 Å². The number of hydrogen-bond donors (Lipinski definition) is 3. The molecule has 3 aromatic rings. The molecule has 0 aliphatic carbocycles. The zero-order valence-corrected chi connectivity index (χ0v) is 25.6. The van der Waals surface area contributed by atoms with Gasteiger partial charge in [-0.2, -0.15) is 5.26 Å². The SMILES string of the molecule is COc1cc(C(=O)O)ccc1NC(=O)[C@@H]1N[C@@H](C(C)C(C)(C)C)[C@](C#N)(c2ccc(Cl)cc2F)[C@H]1c1cccc(Cl)c1F. The first kappa shape index (κ1) is 32.2. The topological polar surface area (TPSA) is 111 Å². The number of nitrogens with zero attached hydrogens (tertiary/aromatic N) is 1. The Balaban J connectivity index is 1.98. The summed E-state index contributed by atoms with van der Waals surface area (Å²) in [6, 6.07) is 12.3. The third-order valence-electron chi connectivity index (χ3n) is 8.41. The molecule has 1 amide bonds. The third-order valence-corrected chi connectivity index (χ3v) is 8.93. The molecule has 0 saturated carbocycles. The predicted molar refractivity (Wildman–Crippen MR) is 161 cm³/mol. The molecule has 1 fully saturated rings. The van der Waals surface area contributed by atoms with E-state index in [1.54, 1.807) is 0 Å². The highest BCUT2D eigenvalue weighted by Gasteiger charge is 2.63. The summed E-state index contributed by atoms with van der Waals surface area (Å²) in [5.74, 6) is -5.03. The van der Waals surface area contributed by atoms with E-state index in [1.165, 1.54) is 55.6 Å². The molecule has 1 saturated heterocycles. The van der Waals surface area contributed by atoms with Gasteiger partial charge in [0.05, 0.1) is 35.5 Å². The number of amides is 1. The normalized spacial score (nSPS) is 22.5. The number of hydrogen-bond acceptors (Lipinski definition) is 5. The number of aromatic carboxylic acids is 1. The van der Waals surface area contributed by atoms with Crippen LogP contribution in [0.3, 0.4) is 0 Å². The predicted octanol–water partition coefficient (Wildman–Crippen LogP) is 7.18. The lowest BCUT2D eigenvalue weighted by Crippen LogP contribution is -2.50. The summed E-state index contributed by atoms with van der Waals surface area (Å²) in [5.41, 5.74) is -2.26. The fourth-order valence-electron chi connectivity index (χ4n) is 5.83. The van der Waals surface area contributed by atoms with Crippen LogP contribution in [0.2, 0.25) is 10.0 Å². The summed E-state index contributed by atoms with van der Waals surface area (Å²) in [7, 11) is 1.32. The van der Waals surface area contributed by atoms with Gasteiger partial charge in [-0.15, -0.1) is 0 Å². The molecule has 1 aliphatic rings. The summed E-state index contributed by atoms with van der Waals surface area (Å²) >= 11 is 12.3. The molecule has 0 bridgehead atoms. The van der Waals surface area contributed by atoms with E-state index in [4.69, 9.17) is 27.9 Å². The summed E-state index contributed by atoms with van der Waals surface area (Å²) in [4.78, 5) is 25.6. The quantitative estimate of drug-likeness (QED) is 0.255. The van der Waals surface area contributed by atoms with E-state index < -0.39 is 52.3 Å². The Labute approximate surface area is 258 Å². The number of nitriles is 1. The van der Waals surface area contributed by atoms with Gasteiger partial charge in [0, 0.05) is 22.5 Å². The first-order valence-electron chi connectivity index (χ1n) is 13.5. The van der Waals surface area contributed by atoms with Crippen LogP contribution in [0.4, 0.5) is 14.5 Å². The minimum atomic E-state index is -1.81. The zero-order chi connectivity index (χ0) is 31.9. The number of benzene rings is 3. The molecule has 5 atom stereocenters. The van der Waals surface area contributed by atoms with Gasteiger partial charge in [-0.1, -0.05) is 69.1 Å². The molecule has 43 heavy (non-hydrogen) atoms. The maximum atomic E-state index is 15.9. The maximum absolute atomic E-state index is 15.9. The van der Waals surface area contributed by atoms with Crippen LogP contribution < -0.4 is 15.4 Å². The second kappa shape index (κ2) is 12.1. The Morgan fingerprint density at radius 2 is 1.84 bits per heavy atom. The van der Waals surface area contributed by atoms with Crippen molar-refractivity contribution in [3.8, 4) is 11.8 Å². The van der Waals surface area contributed by atoms with Crippen LogP contribution in [0.1, 0.15) is 55.1 Å². The fourth-order valence-corrected chi connectivity index (χ4v) is 6.17. The second-order valence-corrected chi connectivity index (χ2v) is 12.6. The number of ether oxygens (including phenoxy) is 1. The van der Waals surface area contributed by atoms with Gasteiger partial charge in [0.1, 0.15) is 22.8 Å². The van der Waals surface area contributed by atoms with Gasteiger partial charge in [-0.05, 0) is 53.3 Å². The summed E-state index contributed by atoms with van der Waals surface area (Å²) in [5, 5.41) is 26.3. The van der Waals surface area contributed by atoms with Gasteiger partial charge in [0.25, 0.3) is 0 Å². The van der Waals surface area contributed by atoms with Gasteiger partial charge < -0.3 is 20.5 Å². The average molecular weight is 631 g/mol. The minimum Gasteiger partial charge on any atom is -0.495 e. The minimum absolute atomic E-state index is 0.0453. The Kier molecular flexibility index (Phi) is 9.08. The fraction of sp³-hybridized carbons (Fsp3) is 0.344. The smallest absolute Gasteiger partial charge is 0.335 e. The van der Waals surface area contributed by atoms with E-state index >= 15 is 8.78 Å². The van der Waals surface area contributed by atoms with Crippen molar-refractivity contribution >= 4 is 40.8 Å². The molecule has 226 valence electrons. The second-order valence-electron chi connectivity index (χ2n) is 11.7. The highest BCUT2D eigenvalue weighted by Crippen LogP contribution is 2.54. The number of nitrogens with one attached hydrogen (secondary N) is 2. The number of rotatable bonds is 7. The molecular weight excluding hydrogens is 599 g/mol. The van der Waals surface area contributed by atoms with Crippen LogP contribution in [-0.4, -0.2) is 36.2 Å². The number of anilines is 1. The van der Waals surface area contributed by atoms with Crippen LogP contribution >= 0.6 is 23.2 Å². The Morgan fingerprint density at radius 1 is 1.14 bits per heavy atom. The van der Waals surface area contributed by atoms with Crippen molar-refractivity contribution in [2.24, 2.45) is 11.3 Å². The lowest BCUT2D eigenvalue weighted by molar-refractivity contribution is -0.118. The first-order valence-corrected chi connectivity index (χ1v) is 14.2. The monoisotopic (exact) mass is 629 g/mol.